The molecule has 0 amide bonds. The average molecular weight is 377 g/mol. The zero-order valence-corrected chi connectivity index (χ0v) is 16.3. The maximum atomic E-state index is 13.3. The van der Waals surface area contributed by atoms with Gasteiger partial charge in [0.05, 0.1) is 0 Å². The van der Waals surface area contributed by atoms with Gasteiger partial charge in [0, 0.05) is 12.6 Å². The number of hydrogen-bond acceptors (Lipinski definition) is 2. The summed E-state index contributed by atoms with van der Waals surface area (Å²) in [7, 11) is 0. The number of nitrogens with one attached hydrogen (secondary N) is 2. The van der Waals surface area contributed by atoms with Crippen molar-refractivity contribution < 1.29 is 4.39 Å². The molecule has 0 aliphatic rings. The van der Waals surface area contributed by atoms with Crippen molar-refractivity contribution in [1.82, 2.24) is 10.6 Å². The maximum absolute atomic E-state index is 13.3. The molecule has 1 atom stereocenters. The normalized spacial score (nSPS) is 12.0. The van der Waals surface area contributed by atoms with Crippen LogP contribution < -0.4 is 10.6 Å². The Morgan fingerprint density at radius 1 is 0.714 bits per heavy atom. The second kappa shape index (κ2) is 11.4. The molecule has 0 aliphatic heterocycles. The molecule has 28 heavy (non-hydrogen) atoms. The van der Waals surface area contributed by atoms with E-state index in [1.165, 1.54) is 17.2 Å². The molecule has 2 N–H and O–H groups in total. The fourth-order valence-electron chi connectivity index (χ4n) is 3.39. The topological polar surface area (TPSA) is 24.1 Å². The lowest BCUT2D eigenvalue weighted by Gasteiger charge is -2.20. The van der Waals surface area contributed by atoms with Crippen LogP contribution >= 0.6 is 0 Å². The largest absolute Gasteiger partial charge is 0.315 e. The van der Waals surface area contributed by atoms with Crippen LogP contribution in [0.5, 0.6) is 0 Å². The molecule has 0 saturated carbocycles. The lowest BCUT2D eigenvalue weighted by molar-refractivity contribution is 0.488. The molecular weight excluding hydrogens is 347 g/mol. The third kappa shape index (κ3) is 6.91. The summed E-state index contributed by atoms with van der Waals surface area (Å²) in [5, 5.41) is 7.22. The number of hydrogen-bond donors (Lipinski definition) is 2. The first-order chi connectivity index (χ1) is 13.8. The predicted molar refractivity (Wildman–Crippen MR) is 115 cm³/mol. The molecule has 0 bridgehead atoms. The summed E-state index contributed by atoms with van der Waals surface area (Å²) >= 11 is 0. The molecule has 3 rings (SSSR count). The van der Waals surface area contributed by atoms with Crippen LogP contribution in [0, 0.1) is 5.82 Å². The average Bonchev–Trinajstić information content (AvgIpc) is 2.74. The standard InChI is InChI=1S/C25H29FN2/c26-24-15-7-11-22(19-24)16-18-28-25(23-13-5-2-6-14-23)20-27-17-8-12-21-9-3-1-4-10-21/h1-7,9-11,13-15,19,25,27-28H,8,12,16-18,20H2. The van der Waals surface area contributed by atoms with Crippen LogP contribution in [-0.4, -0.2) is 19.6 Å². The molecule has 0 spiro atoms. The Kier molecular flexibility index (Phi) is 8.23. The molecule has 2 nitrogen and oxygen atoms in total. The van der Waals surface area contributed by atoms with Crippen LogP contribution in [0.3, 0.4) is 0 Å². The molecule has 0 heterocycles. The summed E-state index contributed by atoms with van der Waals surface area (Å²) in [5.74, 6) is -0.169. The van der Waals surface area contributed by atoms with E-state index in [-0.39, 0.29) is 11.9 Å². The fraction of sp³-hybridized carbons (Fsp3) is 0.280. The van der Waals surface area contributed by atoms with Crippen molar-refractivity contribution in [3.63, 3.8) is 0 Å². The maximum Gasteiger partial charge on any atom is 0.123 e. The zero-order valence-electron chi connectivity index (χ0n) is 16.3. The van der Waals surface area contributed by atoms with Crippen LogP contribution in [0.15, 0.2) is 84.9 Å². The molecule has 146 valence electrons. The molecule has 3 aromatic rings. The second-order valence-electron chi connectivity index (χ2n) is 7.09. The SMILES string of the molecule is Fc1cccc(CCNC(CNCCCc2ccccc2)c2ccccc2)c1. The highest BCUT2D eigenvalue weighted by Crippen LogP contribution is 2.12. The molecular formula is C25H29FN2. The van der Waals surface area contributed by atoms with Crippen LogP contribution in [0.4, 0.5) is 4.39 Å². The highest BCUT2D eigenvalue weighted by molar-refractivity contribution is 5.20. The van der Waals surface area contributed by atoms with Crippen molar-refractivity contribution in [2.45, 2.75) is 25.3 Å². The minimum Gasteiger partial charge on any atom is -0.315 e. The molecule has 1 unspecified atom stereocenters. The van der Waals surface area contributed by atoms with Gasteiger partial charge in [0.15, 0.2) is 0 Å². The summed E-state index contributed by atoms with van der Waals surface area (Å²) in [6.07, 6.45) is 3.03. The first-order valence-corrected chi connectivity index (χ1v) is 10.1. The van der Waals surface area contributed by atoms with Crippen LogP contribution in [-0.2, 0) is 12.8 Å². The Labute approximate surface area is 167 Å². The van der Waals surface area contributed by atoms with Gasteiger partial charge in [-0.2, -0.15) is 0 Å². The lowest BCUT2D eigenvalue weighted by Crippen LogP contribution is -2.33. The summed E-state index contributed by atoms with van der Waals surface area (Å²) in [6, 6.07) is 28.2. The second-order valence-corrected chi connectivity index (χ2v) is 7.09. The molecule has 0 aliphatic carbocycles. The first-order valence-electron chi connectivity index (χ1n) is 10.1. The lowest BCUT2D eigenvalue weighted by atomic mass is 10.1. The van der Waals surface area contributed by atoms with Crippen LogP contribution in [0.2, 0.25) is 0 Å². The predicted octanol–water partition coefficient (Wildman–Crippen LogP) is 4.92. The van der Waals surface area contributed by atoms with Crippen LogP contribution in [0.25, 0.3) is 0 Å². The Hall–Kier alpha value is -2.49. The van der Waals surface area contributed by atoms with E-state index in [2.05, 4.69) is 65.2 Å². The summed E-state index contributed by atoms with van der Waals surface area (Å²) in [6.45, 7) is 2.68. The van der Waals surface area contributed by atoms with E-state index in [0.29, 0.717) is 0 Å². The highest BCUT2D eigenvalue weighted by Gasteiger charge is 2.10. The van der Waals surface area contributed by atoms with Crippen molar-refractivity contribution in [2.24, 2.45) is 0 Å². The van der Waals surface area contributed by atoms with E-state index in [9.17, 15) is 4.39 Å². The van der Waals surface area contributed by atoms with Gasteiger partial charge in [0.25, 0.3) is 0 Å². The van der Waals surface area contributed by atoms with Gasteiger partial charge in [-0.25, -0.2) is 4.39 Å². The molecule has 3 aromatic carbocycles. The summed E-state index contributed by atoms with van der Waals surface area (Å²) in [4.78, 5) is 0. The number of rotatable bonds is 11. The Morgan fingerprint density at radius 2 is 1.43 bits per heavy atom. The molecule has 0 radical (unpaired) electrons. The van der Waals surface area contributed by atoms with Crippen LogP contribution in [0.1, 0.15) is 29.2 Å². The van der Waals surface area contributed by atoms with Crippen molar-refractivity contribution >= 4 is 0 Å². The smallest absolute Gasteiger partial charge is 0.123 e. The number of benzene rings is 3. The van der Waals surface area contributed by atoms with Crippen molar-refractivity contribution in [1.29, 1.82) is 0 Å². The van der Waals surface area contributed by atoms with Gasteiger partial charge in [-0.05, 0) is 61.2 Å². The molecule has 0 fully saturated rings. The minimum atomic E-state index is -0.169. The fourth-order valence-corrected chi connectivity index (χ4v) is 3.39. The Morgan fingerprint density at radius 3 is 2.18 bits per heavy atom. The first kappa shape index (κ1) is 20.2. The Balaban J connectivity index is 1.45. The Bertz CT molecular complexity index is 805. The monoisotopic (exact) mass is 376 g/mol. The third-order valence-electron chi connectivity index (χ3n) is 4.91. The van der Waals surface area contributed by atoms with Gasteiger partial charge in [-0.1, -0.05) is 72.8 Å². The van der Waals surface area contributed by atoms with Crippen molar-refractivity contribution in [2.75, 3.05) is 19.6 Å². The minimum absolute atomic E-state index is 0.169. The van der Waals surface area contributed by atoms with E-state index in [1.807, 2.05) is 12.1 Å². The van der Waals surface area contributed by atoms with Crippen molar-refractivity contribution in [3.05, 3.63) is 107 Å². The number of halogens is 1. The summed E-state index contributed by atoms with van der Waals surface area (Å²) < 4.78 is 13.3. The van der Waals surface area contributed by atoms with Gasteiger partial charge in [-0.15, -0.1) is 0 Å². The van der Waals surface area contributed by atoms with Gasteiger partial charge >= 0.3 is 0 Å². The van der Waals surface area contributed by atoms with E-state index < -0.39 is 0 Å². The third-order valence-corrected chi connectivity index (χ3v) is 4.91. The molecule has 3 heteroatoms. The van der Waals surface area contributed by atoms with Gasteiger partial charge in [-0.3, -0.25) is 0 Å². The zero-order chi connectivity index (χ0) is 19.4. The van der Waals surface area contributed by atoms with E-state index in [0.717, 1.165) is 44.5 Å². The molecule has 0 saturated heterocycles. The van der Waals surface area contributed by atoms with E-state index >= 15 is 0 Å². The highest BCUT2D eigenvalue weighted by atomic mass is 19.1. The van der Waals surface area contributed by atoms with E-state index in [4.69, 9.17) is 0 Å². The van der Waals surface area contributed by atoms with Crippen molar-refractivity contribution in [3.8, 4) is 0 Å². The summed E-state index contributed by atoms with van der Waals surface area (Å²) in [5.41, 5.74) is 3.68. The van der Waals surface area contributed by atoms with E-state index in [1.54, 1.807) is 12.1 Å². The number of aryl methyl sites for hydroxylation is 1. The van der Waals surface area contributed by atoms with Gasteiger partial charge in [0.1, 0.15) is 5.82 Å². The quantitative estimate of drug-likeness (QED) is 0.464. The van der Waals surface area contributed by atoms with Gasteiger partial charge < -0.3 is 10.6 Å². The van der Waals surface area contributed by atoms with Gasteiger partial charge in [0.2, 0.25) is 0 Å². The molecule has 0 aromatic heterocycles.